The van der Waals surface area contributed by atoms with E-state index in [1.54, 1.807) is 17.0 Å². The van der Waals surface area contributed by atoms with E-state index in [0.717, 1.165) is 29.5 Å². The molecule has 2 aromatic rings. The molecule has 212 valence electrons. The molecule has 0 spiro atoms. The van der Waals surface area contributed by atoms with Gasteiger partial charge in [0, 0.05) is 48.3 Å². The monoisotopic (exact) mass is 547 g/mol. The Morgan fingerprint density at radius 3 is 2.40 bits per heavy atom. The minimum absolute atomic E-state index is 0.0124. The number of hydrogen-bond acceptors (Lipinski definition) is 5. The molecule has 5 atom stereocenters. The molecule has 0 radical (unpaired) electrons. The van der Waals surface area contributed by atoms with Gasteiger partial charge in [0.25, 0.3) is 11.8 Å². The van der Waals surface area contributed by atoms with Gasteiger partial charge in [-0.05, 0) is 67.0 Å². The summed E-state index contributed by atoms with van der Waals surface area (Å²) >= 11 is 0. The van der Waals surface area contributed by atoms with Gasteiger partial charge in [-0.2, -0.15) is 0 Å². The molecule has 40 heavy (non-hydrogen) atoms. The fourth-order valence-corrected chi connectivity index (χ4v) is 7.45. The maximum Gasteiger partial charge on any atom is 0.407 e. The molecule has 1 unspecified atom stereocenters. The Labute approximate surface area is 234 Å². The average molecular weight is 548 g/mol. The number of carboxylic acid groups (broad SMARTS) is 1. The predicted molar refractivity (Wildman–Crippen MR) is 147 cm³/mol. The summed E-state index contributed by atoms with van der Waals surface area (Å²) in [5, 5.41) is 31.3. The zero-order chi connectivity index (χ0) is 28.3. The van der Waals surface area contributed by atoms with Gasteiger partial charge in [0.15, 0.2) is 0 Å². The van der Waals surface area contributed by atoms with Gasteiger partial charge in [-0.15, -0.1) is 0 Å². The number of fused-ring (bicyclic) bond motifs is 4. The second kappa shape index (κ2) is 9.89. The molecule has 2 aromatic carbocycles. The average Bonchev–Trinajstić information content (AvgIpc) is 3.20. The molecule has 6 rings (SSSR count). The molecule has 0 aliphatic carbocycles. The molecule has 4 aliphatic rings. The summed E-state index contributed by atoms with van der Waals surface area (Å²) in [6.07, 6.45) is 0.915. The van der Waals surface area contributed by atoms with E-state index in [1.165, 1.54) is 4.90 Å². The van der Waals surface area contributed by atoms with E-state index < -0.39 is 23.7 Å². The van der Waals surface area contributed by atoms with Crippen LogP contribution in [0.15, 0.2) is 42.5 Å². The van der Waals surface area contributed by atoms with Gasteiger partial charge in [0.1, 0.15) is 0 Å². The Morgan fingerprint density at radius 1 is 1.05 bits per heavy atom. The lowest BCUT2D eigenvalue weighted by molar-refractivity contribution is 0.0132. The summed E-state index contributed by atoms with van der Waals surface area (Å²) < 4.78 is 0. The van der Waals surface area contributed by atoms with E-state index in [0.29, 0.717) is 36.9 Å². The number of nitrogens with zero attached hydrogens (tertiary/aromatic N) is 3. The lowest BCUT2D eigenvalue weighted by Gasteiger charge is -2.43. The van der Waals surface area contributed by atoms with Crippen LogP contribution in [0.1, 0.15) is 76.9 Å². The first-order chi connectivity index (χ1) is 19.0. The third-order valence-electron chi connectivity index (χ3n) is 9.43. The van der Waals surface area contributed by atoms with E-state index in [9.17, 15) is 29.7 Å². The molecule has 4 aliphatic heterocycles. The summed E-state index contributed by atoms with van der Waals surface area (Å²) in [4.78, 5) is 44.1. The van der Waals surface area contributed by atoms with Gasteiger partial charge in [-0.3, -0.25) is 14.5 Å². The number of aliphatic hydroxyl groups excluding tert-OH is 2. The highest BCUT2D eigenvalue weighted by atomic mass is 16.4. The standard InChI is InChI=1S/C31H37N3O6/c1-31(2)17-32(16-27(36)26-12-18-5-3-4-6-20(18)15-33(26)30(39)40)29(38)24-10-7-19(11-25(24)31)28(37)34-21-8-9-22(34)14-23(35)13-21/h3-7,10-11,21-23,26-27,35-36H,8-9,12-17H2,1-2H3,(H,39,40)/t21-,22+,23?,26-,27-/m0/s1. The van der Waals surface area contributed by atoms with Crippen molar-refractivity contribution in [1.82, 2.24) is 14.7 Å². The summed E-state index contributed by atoms with van der Waals surface area (Å²) in [5.74, 6) is -0.277. The molecule has 0 aromatic heterocycles. The van der Waals surface area contributed by atoms with Crippen LogP contribution in [0.2, 0.25) is 0 Å². The Morgan fingerprint density at radius 2 is 1.73 bits per heavy atom. The Balaban J connectivity index is 1.22. The van der Waals surface area contributed by atoms with Crippen molar-refractivity contribution in [3.8, 4) is 0 Å². The minimum Gasteiger partial charge on any atom is -0.465 e. The maximum atomic E-state index is 13.6. The van der Waals surface area contributed by atoms with Crippen molar-refractivity contribution >= 4 is 17.9 Å². The SMILES string of the molecule is CC1(C)CN(C[C@H](O)[C@@H]2Cc3ccccc3CN2C(=O)O)C(=O)c2ccc(C(=O)N3[C@@H]4CC[C@H]3CC(O)C4)cc21. The minimum atomic E-state index is -1.09. The number of carbonyl (C=O) groups is 3. The van der Waals surface area contributed by atoms with Crippen molar-refractivity contribution in [2.24, 2.45) is 0 Å². The smallest absolute Gasteiger partial charge is 0.407 e. The number of β-amino-alcohol motifs (C(OH)–C–C–N with tert-alkyl or cyclic N) is 1. The quantitative estimate of drug-likeness (QED) is 0.541. The lowest BCUT2D eigenvalue weighted by atomic mass is 9.77. The molecule has 2 saturated heterocycles. The van der Waals surface area contributed by atoms with Crippen LogP contribution in [0, 0.1) is 0 Å². The van der Waals surface area contributed by atoms with Crippen molar-refractivity contribution < 1.29 is 29.7 Å². The van der Waals surface area contributed by atoms with Gasteiger partial charge in [-0.1, -0.05) is 38.1 Å². The number of benzene rings is 2. The van der Waals surface area contributed by atoms with E-state index >= 15 is 0 Å². The number of rotatable bonds is 4. The van der Waals surface area contributed by atoms with Crippen LogP contribution in [0.4, 0.5) is 4.79 Å². The molecule has 9 heteroatoms. The molecule has 4 heterocycles. The maximum absolute atomic E-state index is 13.6. The first kappa shape index (κ1) is 26.8. The highest BCUT2D eigenvalue weighted by Gasteiger charge is 2.44. The molecule has 3 amide bonds. The molecular formula is C31H37N3O6. The Bertz CT molecular complexity index is 1340. The third-order valence-corrected chi connectivity index (χ3v) is 9.43. The second-order valence-corrected chi connectivity index (χ2v) is 12.6. The van der Waals surface area contributed by atoms with Gasteiger partial charge in [-0.25, -0.2) is 4.79 Å². The van der Waals surface area contributed by atoms with Crippen LogP contribution in [-0.4, -0.2) is 91.3 Å². The van der Waals surface area contributed by atoms with Gasteiger partial charge >= 0.3 is 6.09 Å². The molecular weight excluding hydrogens is 510 g/mol. The summed E-state index contributed by atoms with van der Waals surface area (Å²) in [5.41, 5.74) is 3.31. The van der Waals surface area contributed by atoms with E-state index in [2.05, 4.69) is 0 Å². The van der Waals surface area contributed by atoms with Crippen molar-refractivity contribution in [1.29, 1.82) is 0 Å². The van der Waals surface area contributed by atoms with Crippen molar-refractivity contribution in [3.05, 3.63) is 70.3 Å². The van der Waals surface area contributed by atoms with E-state index in [-0.39, 0.29) is 43.1 Å². The molecule has 2 fully saturated rings. The van der Waals surface area contributed by atoms with E-state index in [4.69, 9.17) is 0 Å². The van der Waals surface area contributed by atoms with Gasteiger partial charge in [0.05, 0.1) is 18.2 Å². The zero-order valence-electron chi connectivity index (χ0n) is 23.0. The third kappa shape index (κ3) is 4.55. The summed E-state index contributed by atoms with van der Waals surface area (Å²) in [6.45, 7) is 4.59. The van der Waals surface area contributed by atoms with Crippen molar-refractivity contribution in [3.63, 3.8) is 0 Å². The lowest BCUT2D eigenvalue weighted by Crippen LogP contribution is -2.56. The van der Waals surface area contributed by atoms with E-state index in [1.807, 2.05) is 49.1 Å². The van der Waals surface area contributed by atoms with Crippen LogP contribution in [-0.2, 0) is 18.4 Å². The fraction of sp³-hybridized carbons (Fsp3) is 0.516. The number of carbonyl (C=O) groups excluding carboxylic acids is 2. The number of amides is 3. The first-order valence-electron chi connectivity index (χ1n) is 14.2. The number of piperidine rings is 1. The number of hydrogen-bond donors (Lipinski definition) is 3. The molecule has 0 saturated carbocycles. The Kier molecular flexibility index (Phi) is 6.62. The topological polar surface area (TPSA) is 122 Å². The number of aliphatic hydroxyl groups is 2. The molecule has 9 nitrogen and oxygen atoms in total. The van der Waals surface area contributed by atoms with Crippen LogP contribution >= 0.6 is 0 Å². The highest BCUT2D eigenvalue weighted by molar-refractivity contribution is 6.00. The highest BCUT2D eigenvalue weighted by Crippen LogP contribution is 2.39. The van der Waals surface area contributed by atoms with Crippen LogP contribution in [0.3, 0.4) is 0 Å². The Hall–Kier alpha value is -3.43. The van der Waals surface area contributed by atoms with Crippen molar-refractivity contribution in [2.75, 3.05) is 13.1 Å². The molecule has 3 N–H and O–H groups in total. The summed E-state index contributed by atoms with van der Waals surface area (Å²) in [7, 11) is 0. The van der Waals surface area contributed by atoms with Gasteiger partial charge in [0.2, 0.25) is 0 Å². The first-order valence-corrected chi connectivity index (χ1v) is 14.2. The second-order valence-electron chi connectivity index (χ2n) is 12.6. The van der Waals surface area contributed by atoms with Crippen LogP contribution < -0.4 is 0 Å². The fourth-order valence-electron chi connectivity index (χ4n) is 7.45. The normalized spacial score (nSPS) is 27.7. The molecule has 2 bridgehead atoms. The zero-order valence-corrected chi connectivity index (χ0v) is 23.0. The predicted octanol–water partition coefficient (Wildman–Crippen LogP) is 3.01. The van der Waals surface area contributed by atoms with Crippen LogP contribution in [0.25, 0.3) is 0 Å². The van der Waals surface area contributed by atoms with Gasteiger partial charge < -0.3 is 25.1 Å². The largest absolute Gasteiger partial charge is 0.465 e. The summed E-state index contributed by atoms with van der Waals surface area (Å²) in [6, 6.07) is 12.4. The van der Waals surface area contributed by atoms with Crippen LogP contribution in [0.5, 0.6) is 0 Å². The van der Waals surface area contributed by atoms with Crippen molar-refractivity contribution in [2.45, 2.75) is 88.2 Å².